The summed E-state index contributed by atoms with van der Waals surface area (Å²) in [4.78, 5) is 6.30. The van der Waals surface area contributed by atoms with E-state index in [1.807, 2.05) is 56.1 Å². The van der Waals surface area contributed by atoms with Crippen LogP contribution < -0.4 is 5.32 Å². The molecule has 4 heteroatoms. The molecule has 2 rings (SSSR count). The number of para-hydroxylation sites is 1. The molecule has 0 aromatic heterocycles. The molecule has 3 nitrogen and oxygen atoms in total. The van der Waals surface area contributed by atoms with Gasteiger partial charge in [0.15, 0.2) is 0 Å². The van der Waals surface area contributed by atoms with E-state index < -0.39 is 0 Å². The number of rotatable bonds is 5. The quantitative estimate of drug-likeness (QED) is 0.647. The van der Waals surface area contributed by atoms with Crippen molar-refractivity contribution in [1.82, 2.24) is 4.90 Å². The summed E-state index contributed by atoms with van der Waals surface area (Å²) in [7, 11) is 1.93. The number of hydrogen-bond acceptors (Lipinski definition) is 2. The van der Waals surface area contributed by atoms with Crippen molar-refractivity contribution in [2.24, 2.45) is 4.99 Å². The van der Waals surface area contributed by atoms with Gasteiger partial charge in [-0.25, -0.2) is 9.38 Å². The molecule has 0 aliphatic heterocycles. The van der Waals surface area contributed by atoms with Crippen LogP contribution in [-0.2, 0) is 0 Å². The first-order chi connectivity index (χ1) is 10.1. The van der Waals surface area contributed by atoms with Crippen LogP contribution in [0.15, 0.2) is 47.5 Å². The average molecular weight is 285 g/mol. The lowest BCUT2D eigenvalue weighted by Crippen LogP contribution is -2.14. The predicted octanol–water partition coefficient (Wildman–Crippen LogP) is 4.49. The predicted molar refractivity (Wildman–Crippen MR) is 87.3 cm³/mol. The van der Waals surface area contributed by atoms with Crippen LogP contribution in [0.3, 0.4) is 0 Å². The summed E-state index contributed by atoms with van der Waals surface area (Å²) in [5.41, 5.74) is 3.20. The van der Waals surface area contributed by atoms with Gasteiger partial charge in [0.1, 0.15) is 5.82 Å². The molecule has 0 aliphatic carbocycles. The molecule has 21 heavy (non-hydrogen) atoms. The molecule has 110 valence electrons. The number of aliphatic imine (C=N–C) groups is 1. The molecular formula is C17H20FN3. The van der Waals surface area contributed by atoms with Crippen molar-refractivity contribution >= 4 is 23.4 Å². The van der Waals surface area contributed by atoms with Crippen LogP contribution in [0.1, 0.15) is 12.5 Å². The van der Waals surface area contributed by atoms with Gasteiger partial charge >= 0.3 is 0 Å². The molecule has 0 heterocycles. The minimum absolute atomic E-state index is 0.301. The number of nitrogens with one attached hydrogen (secondary N) is 1. The lowest BCUT2D eigenvalue weighted by molar-refractivity contribution is 0.552. The molecule has 0 spiro atoms. The third-order valence-corrected chi connectivity index (χ3v) is 3.29. The fourth-order valence-corrected chi connectivity index (χ4v) is 1.85. The van der Waals surface area contributed by atoms with Gasteiger partial charge in [0.25, 0.3) is 0 Å². The number of anilines is 2. The smallest absolute Gasteiger partial charge is 0.127 e. The van der Waals surface area contributed by atoms with E-state index in [0.717, 1.165) is 23.5 Å². The number of benzene rings is 2. The molecule has 0 atom stereocenters. The van der Waals surface area contributed by atoms with Gasteiger partial charge in [-0.1, -0.05) is 18.2 Å². The Balaban J connectivity index is 2.30. The first-order valence-corrected chi connectivity index (χ1v) is 6.96. The van der Waals surface area contributed by atoms with Crippen LogP contribution in [-0.4, -0.2) is 24.8 Å². The summed E-state index contributed by atoms with van der Waals surface area (Å²) in [5, 5.41) is 3.23. The second kappa shape index (κ2) is 6.88. The van der Waals surface area contributed by atoms with Crippen molar-refractivity contribution in [3.05, 3.63) is 53.8 Å². The third-order valence-electron chi connectivity index (χ3n) is 3.29. The zero-order valence-electron chi connectivity index (χ0n) is 12.6. The summed E-state index contributed by atoms with van der Waals surface area (Å²) in [6.45, 7) is 4.82. The molecule has 2 aromatic carbocycles. The molecule has 0 aliphatic rings. The van der Waals surface area contributed by atoms with E-state index in [9.17, 15) is 4.39 Å². The summed E-state index contributed by atoms with van der Waals surface area (Å²) < 4.78 is 13.8. The molecule has 0 radical (unpaired) electrons. The van der Waals surface area contributed by atoms with Gasteiger partial charge in [-0.05, 0) is 43.7 Å². The zero-order chi connectivity index (χ0) is 15.2. The summed E-state index contributed by atoms with van der Waals surface area (Å²) in [6, 6.07) is 12.6. The molecule has 0 saturated heterocycles. The van der Waals surface area contributed by atoms with E-state index in [-0.39, 0.29) is 5.82 Å². The maximum Gasteiger partial charge on any atom is 0.127 e. The Morgan fingerprint density at radius 3 is 2.62 bits per heavy atom. The monoisotopic (exact) mass is 285 g/mol. The molecule has 1 N–H and O–H groups in total. The van der Waals surface area contributed by atoms with Crippen molar-refractivity contribution < 1.29 is 4.39 Å². The minimum atomic E-state index is -0.301. The molecule has 0 fully saturated rings. The van der Waals surface area contributed by atoms with E-state index >= 15 is 0 Å². The van der Waals surface area contributed by atoms with Crippen molar-refractivity contribution in [2.45, 2.75) is 13.8 Å². The number of halogens is 1. The highest BCUT2D eigenvalue weighted by Gasteiger charge is 2.07. The Kier molecular flexibility index (Phi) is 4.93. The zero-order valence-corrected chi connectivity index (χ0v) is 12.6. The molecule has 0 unspecified atom stereocenters. The summed E-state index contributed by atoms with van der Waals surface area (Å²) in [5.74, 6) is -0.301. The van der Waals surface area contributed by atoms with E-state index in [1.165, 1.54) is 12.1 Å². The van der Waals surface area contributed by atoms with E-state index in [1.54, 1.807) is 6.34 Å². The van der Waals surface area contributed by atoms with E-state index in [4.69, 9.17) is 0 Å². The van der Waals surface area contributed by atoms with Crippen LogP contribution in [0.2, 0.25) is 0 Å². The standard InChI is InChI=1S/C17H20FN3/c1-4-21(3)12-19-16-10-14(18)11-17(13(16)2)20-15-8-6-5-7-9-15/h5-12,20H,4H2,1-3H3. The fourth-order valence-electron chi connectivity index (χ4n) is 1.85. The highest BCUT2D eigenvalue weighted by Crippen LogP contribution is 2.29. The highest BCUT2D eigenvalue weighted by molar-refractivity contribution is 5.72. The first kappa shape index (κ1) is 15.0. The number of nitrogens with zero attached hydrogens (tertiary/aromatic N) is 2. The molecule has 0 amide bonds. The third kappa shape index (κ3) is 4.05. The van der Waals surface area contributed by atoms with Gasteiger partial charge in [0, 0.05) is 25.0 Å². The van der Waals surface area contributed by atoms with E-state index in [0.29, 0.717) is 5.69 Å². The van der Waals surface area contributed by atoms with Crippen molar-refractivity contribution in [2.75, 3.05) is 18.9 Å². The van der Waals surface area contributed by atoms with Crippen molar-refractivity contribution in [3.63, 3.8) is 0 Å². The van der Waals surface area contributed by atoms with Gasteiger partial charge < -0.3 is 10.2 Å². The number of hydrogen-bond donors (Lipinski definition) is 1. The van der Waals surface area contributed by atoms with Gasteiger partial charge in [0.2, 0.25) is 0 Å². The Labute approximate surface area is 125 Å². The van der Waals surface area contributed by atoms with Crippen LogP contribution >= 0.6 is 0 Å². The highest BCUT2D eigenvalue weighted by atomic mass is 19.1. The van der Waals surface area contributed by atoms with Crippen LogP contribution in [0.4, 0.5) is 21.5 Å². The molecule has 0 saturated carbocycles. The largest absolute Gasteiger partial charge is 0.366 e. The second-order valence-electron chi connectivity index (χ2n) is 4.91. The van der Waals surface area contributed by atoms with Gasteiger partial charge in [0.05, 0.1) is 12.0 Å². The minimum Gasteiger partial charge on any atom is -0.366 e. The van der Waals surface area contributed by atoms with Crippen LogP contribution in [0, 0.1) is 12.7 Å². The van der Waals surface area contributed by atoms with E-state index in [2.05, 4.69) is 10.3 Å². The van der Waals surface area contributed by atoms with Gasteiger partial charge in [-0.3, -0.25) is 0 Å². The lowest BCUT2D eigenvalue weighted by atomic mass is 10.1. The SMILES string of the molecule is CCN(C)C=Nc1cc(F)cc(Nc2ccccc2)c1C. The Hall–Kier alpha value is -2.36. The van der Waals surface area contributed by atoms with Crippen molar-refractivity contribution in [3.8, 4) is 0 Å². The molecule has 0 bridgehead atoms. The van der Waals surface area contributed by atoms with Crippen molar-refractivity contribution in [1.29, 1.82) is 0 Å². The Bertz CT molecular complexity index is 623. The fraction of sp³-hybridized carbons (Fsp3) is 0.235. The van der Waals surface area contributed by atoms with Crippen LogP contribution in [0.25, 0.3) is 0 Å². The normalized spacial score (nSPS) is 10.9. The Morgan fingerprint density at radius 1 is 1.24 bits per heavy atom. The second-order valence-corrected chi connectivity index (χ2v) is 4.91. The van der Waals surface area contributed by atoms with Crippen LogP contribution in [0.5, 0.6) is 0 Å². The lowest BCUT2D eigenvalue weighted by Gasteiger charge is -2.13. The summed E-state index contributed by atoms with van der Waals surface area (Å²) >= 11 is 0. The topological polar surface area (TPSA) is 27.6 Å². The summed E-state index contributed by atoms with van der Waals surface area (Å²) in [6.07, 6.45) is 1.72. The maximum atomic E-state index is 13.8. The molecular weight excluding hydrogens is 265 g/mol. The maximum absolute atomic E-state index is 13.8. The molecule has 2 aromatic rings. The Morgan fingerprint density at radius 2 is 1.95 bits per heavy atom. The van der Waals surface area contributed by atoms with Gasteiger partial charge in [-0.2, -0.15) is 0 Å². The van der Waals surface area contributed by atoms with Gasteiger partial charge in [-0.15, -0.1) is 0 Å². The average Bonchev–Trinajstić information content (AvgIpc) is 2.49. The first-order valence-electron chi connectivity index (χ1n) is 6.96.